The maximum absolute atomic E-state index is 14.2. The first-order valence-corrected chi connectivity index (χ1v) is 12.4. The number of amides is 1. The van der Waals surface area contributed by atoms with Crippen LogP contribution in [0.5, 0.6) is 0 Å². The summed E-state index contributed by atoms with van der Waals surface area (Å²) in [6, 6.07) is 7.25. The number of rotatable bonds is 7. The largest absolute Gasteiger partial charge is 0.351 e. The molecule has 12 heteroatoms. The van der Waals surface area contributed by atoms with Crippen LogP contribution in [-0.2, 0) is 27.3 Å². The van der Waals surface area contributed by atoms with E-state index in [2.05, 4.69) is 15.3 Å². The Morgan fingerprint density at radius 1 is 1.08 bits per heavy atom. The van der Waals surface area contributed by atoms with Gasteiger partial charge in [0.1, 0.15) is 23.4 Å². The third-order valence-corrected chi connectivity index (χ3v) is 7.67. The quantitative estimate of drug-likeness (QED) is 0.474. The van der Waals surface area contributed by atoms with Gasteiger partial charge in [-0.05, 0) is 60.9 Å². The van der Waals surface area contributed by atoms with Crippen LogP contribution in [0.3, 0.4) is 0 Å². The van der Waals surface area contributed by atoms with Crippen molar-refractivity contribution in [2.24, 2.45) is 0 Å². The monoisotopic (exact) mass is 522 g/mol. The summed E-state index contributed by atoms with van der Waals surface area (Å²) in [5, 5.41) is 2.63. The minimum Gasteiger partial charge on any atom is -0.351 e. The fourth-order valence-electron chi connectivity index (χ4n) is 3.94. The fraction of sp³-hybridized carbons (Fsp3) is 0.292. The van der Waals surface area contributed by atoms with E-state index >= 15 is 0 Å². The number of alkyl halides is 2. The maximum Gasteiger partial charge on any atom is 0.288 e. The van der Waals surface area contributed by atoms with Crippen LogP contribution in [0.4, 0.5) is 17.6 Å². The first kappa shape index (κ1) is 25.7. The average Bonchev–Trinajstić information content (AvgIpc) is 3.33. The summed E-state index contributed by atoms with van der Waals surface area (Å²) in [7, 11) is -4.02. The highest BCUT2D eigenvalue weighted by Gasteiger charge is 2.39. The second kappa shape index (κ2) is 9.94. The molecule has 2 heterocycles. The Balaban J connectivity index is 1.48. The maximum atomic E-state index is 14.2. The lowest BCUT2D eigenvalue weighted by molar-refractivity contribution is -0.124. The zero-order valence-electron chi connectivity index (χ0n) is 19.1. The van der Waals surface area contributed by atoms with Crippen molar-refractivity contribution in [2.45, 2.75) is 43.2 Å². The van der Waals surface area contributed by atoms with Crippen LogP contribution in [0, 0.1) is 11.6 Å². The minimum atomic E-state index is -4.02. The predicted octanol–water partition coefficient (Wildman–Crippen LogP) is 4.00. The van der Waals surface area contributed by atoms with Crippen LogP contribution >= 0.6 is 0 Å². The van der Waals surface area contributed by atoms with Gasteiger partial charge in [-0.25, -0.2) is 17.2 Å². The van der Waals surface area contributed by atoms with Crippen molar-refractivity contribution < 1.29 is 30.8 Å². The molecule has 1 N–H and O–H groups in total. The van der Waals surface area contributed by atoms with Crippen LogP contribution < -0.4 is 5.32 Å². The molecule has 1 unspecified atom stereocenters. The van der Waals surface area contributed by atoms with Crippen LogP contribution in [0.1, 0.15) is 31.0 Å². The zero-order valence-corrected chi connectivity index (χ0v) is 19.9. The summed E-state index contributed by atoms with van der Waals surface area (Å²) in [6.07, 6.45) is 2.79. The van der Waals surface area contributed by atoms with Crippen molar-refractivity contribution >= 4 is 15.9 Å². The van der Waals surface area contributed by atoms with Gasteiger partial charge in [0.2, 0.25) is 15.9 Å². The molecule has 1 aliphatic rings. The van der Waals surface area contributed by atoms with E-state index in [-0.39, 0.29) is 29.2 Å². The molecule has 190 valence electrons. The predicted molar refractivity (Wildman–Crippen MR) is 122 cm³/mol. The smallest absolute Gasteiger partial charge is 0.288 e. The van der Waals surface area contributed by atoms with Crippen molar-refractivity contribution in [2.75, 3.05) is 6.54 Å². The molecule has 36 heavy (non-hydrogen) atoms. The number of nitrogens with one attached hydrogen (secondary N) is 1. The summed E-state index contributed by atoms with van der Waals surface area (Å²) >= 11 is 0. The van der Waals surface area contributed by atoms with Crippen molar-refractivity contribution in [3.8, 4) is 11.3 Å². The standard InChI is InChI=1S/C24H22F4N4O3S/c1-24(27,28)22-14-29-20(13-30-22)16-9-15(10-18(26)11-16)12-31-23(33)21-3-2-8-32(21)36(34,35)19-6-4-17(25)5-7-19/h4-7,9-11,13-14,21H,2-3,8,12H2,1H3,(H,31,33). The molecule has 1 atom stereocenters. The number of sulfonamides is 1. The number of benzene rings is 2. The van der Waals surface area contributed by atoms with Gasteiger partial charge in [0, 0.05) is 25.6 Å². The number of carbonyl (C=O) groups excluding carboxylic acids is 1. The van der Waals surface area contributed by atoms with Crippen molar-refractivity contribution in [3.63, 3.8) is 0 Å². The molecule has 0 spiro atoms. The first-order valence-electron chi connectivity index (χ1n) is 11.0. The molecule has 7 nitrogen and oxygen atoms in total. The minimum absolute atomic E-state index is 0.108. The SMILES string of the molecule is CC(F)(F)c1cnc(-c2cc(F)cc(CNC(=O)C3CCCN3S(=O)(=O)c3ccc(F)cc3)c2)cn1. The molecule has 4 rings (SSSR count). The van der Waals surface area contributed by atoms with Crippen LogP contribution in [0.25, 0.3) is 11.3 Å². The van der Waals surface area contributed by atoms with Gasteiger partial charge >= 0.3 is 0 Å². The van der Waals surface area contributed by atoms with E-state index in [0.717, 1.165) is 47.0 Å². The van der Waals surface area contributed by atoms with E-state index in [4.69, 9.17) is 0 Å². The molecule has 0 aliphatic carbocycles. The molecule has 1 aliphatic heterocycles. The summed E-state index contributed by atoms with van der Waals surface area (Å²) in [5.41, 5.74) is 0.282. The van der Waals surface area contributed by atoms with E-state index in [1.54, 1.807) is 0 Å². The Morgan fingerprint density at radius 3 is 2.44 bits per heavy atom. The lowest BCUT2D eigenvalue weighted by Gasteiger charge is -2.23. The van der Waals surface area contributed by atoms with Crippen LogP contribution in [0.2, 0.25) is 0 Å². The van der Waals surface area contributed by atoms with Gasteiger partial charge in [-0.2, -0.15) is 13.1 Å². The van der Waals surface area contributed by atoms with Crippen molar-refractivity contribution in [1.82, 2.24) is 19.6 Å². The normalized spacial score (nSPS) is 16.8. The Kier molecular flexibility index (Phi) is 7.10. The highest BCUT2D eigenvalue weighted by atomic mass is 32.2. The highest BCUT2D eigenvalue weighted by molar-refractivity contribution is 7.89. The second-order valence-corrected chi connectivity index (χ2v) is 10.4. The molecular weight excluding hydrogens is 500 g/mol. The zero-order chi connectivity index (χ0) is 26.1. The number of aromatic nitrogens is 2. The van der Waals surface area contributed by atoms with Crippen LogP contribution in [-0.4, -0.2) is 41.2 Å². The van der Waals surface area contributed by atoms with Gasteiger partial charge in [-0.3, -0.25) is 14.8 Å². The number of halogens is 4. The molecule has 1 aromatic heterocycles. The molecule has 0 bridgehead atoms. The topological polar surface area (TPSA) is 92.3 Å². The van der Waals surface area contributed by atoms with Gasteiger partial charge in [0.25, 0.3) is 5.92 Å². The number of carbonyl (C=O) groups is 1. The lowest BCUT2D eigenvalue weighted by Crippen LogP contribution is -2.45. The van der Waals surface area contributed by atoms with Gasteiger partial charge < -0.3 is 5.32 Å². The third kappa shape index (κ3) is 5.54. The van der Waals surface area contributed by atoms with E-state index in [1.165, 1.54) is 12.1 Å². The summed E-state index contributed by atoms with van der Waals surface area (Å²) in [6.45, 7) is 0.715. The van der Waals surface area contributed by atoms with Gasteiger partial charge in [0.05, 0.1) is 23.0 Å². The van der Waals surface area contributed by atoms with Crippen molar-refractivity contribution in [1.29, 1.82) is 0 Å². The fourth-order valence-corrected chi connectivity index (χ4v) is 5.60. The number of nitrogens with zero attached hydrogens (tertiary/aromatic N) is 3. The molecule has 0 saturated carbocycles. The molecule has 0 radical (unpaired) electrons. The summed E-state index contributed by atoms with van der Waals surface area (Å²) in [5.74, 6) is -4.94. The van der Waals surface area contributed by atoms with Gasteiger partial charge in [0.15, 0.2) is 0 Å². The van der Waals surface area contributed by atoms with E-state index in [0.29, 0.717) is 25.3 Å². The van der Waals surface area contributed by atoms with E-state index < -0.39 is 45.2 Å². The number of hydrogen-bond donors (Lipinski definition) is 1. The Morgan fingerprint density at radius 2 is 1.81 bits per heavy atom. The Hall–Kier alpha value is -3.38. The van der Waals surface area contributed by atoms with E-state index in [9.17, 15) is 30.8 Å². The third-order valence-electron chi connectivity index (χ3n) is 5.75. The van der Waals surface area contributed by atoms with Crippen molar-refractivity contribution in [3.05, 3.63) is 77.8 Å². The lowest BCUT2D eigenvalue weighted by atomic mass is 10.1. The Bertz CT molecular complexity index is 1360. The van der Waals surface area contributed by atoms with Gasteiger partial charge in [-0.15, -0.1) is 0 Å². The number of hydrogen-bond acceptors (Lipinski definition) is 5. The molecular formula is C24H22F4N4O3S. The molecule has 3 aromatic rings. The molecule has 1 amide bonds. The summed E-state index contributed by atoms with van der Waals surface area (Å²) < 4.78 is 81.2. The van der Waals surface area contributed by atoms with E-state index in [1.807, 2.05) is 0 Å². The molecule has 2 aromatic carbocycles. The summed E-state index contributed by atoms with van der Waals surface area (Å²) in [4.78, 5) is 20.4. The first-order chi connectivity index (χ1) is 16.9. The average molecular weight is 523 g/mol. The Labute approximate surface area is 205 Å². The second-order valence-electron chi connectivity index (χ2n) is 8.47. The molecule has 1 fully saturated rings. The van der Waals surface area contributed by atoms with Crippen LogP contribution in [0.15, 0.2) is 59.8 Å². The highest BCUT2D eigenvalue weighted by Crippen LogP contribution is 2.28. The van der Waals surface area contributed by atoms with Gasteiger partial charge in [-0.1, -0.05) is 0 Å². The molecule has 1 saturated heterocycles.